The van der Waals surface area contributed by atoms with Gasteiger partial charge in [0.1, 0.15) is 0 Å². The molecule has 2 aromatic carbocycles. The van der Waals surface area contributed by atoms with Crippen molar-refractivity contribution >= 4 is 33.0 Å². The molecule has 0 N–H and O–H groups in total. The Morgan fingerprint density at radius 3 is 2.76 bits per heavy atom. The van der Waals surface area contributed by atoms with Crippen LogP contribution < -0.4 is 4.90 Å². The van der Waals surface area contributed by atoms with Crippen molar-refractivity contribution in [3.05, 3.63) is 65.0 Å². The number of carbonyl (C=O) groups excluding carboxylic acids is 1. The van der Waals surface area contributed by atoms with Gasteiger partial charge < -0.3 is 9.80 Å². The standard InChI is InChI=1S/C21H22N2OS/c1-15-6-5-7-17(12-15)23-11-10-22(13-16(23)2)21(24)19-14-25-20-9-4-3-8-18(19)20/h3-9,12,14,16H,10-11,13H2,1-2H3/t16-/m1/s1. The van der Waals surface area contributed by atoms with Crippen molar-refractivity contribution in [2.24, 2.45) is 0 Å². The van der Waals surface area contributed by atoms with Crippen molar-refractivity contribution in [2.75, 3.05) is 24.5 Å². The van der Waals surface area contributed by atoms with E-state index < -0.39 is 0 Å². The highest BCUT2D eigenvalue weighted by Crippen LogP contribution is 2.28. The summed E-state index contributed by atoms with van der Waals surface area (Å²) in [6, 6.07) is 17.1. The zero-order valence-corrected chi connectivity index (χ0v) is 15.4. The Hall–Kier alpha value is -2.33. The molecule has 1 amide bonds. The van der Waals surface area contributed by atoms with E-state index in [0.717, 1.165) is 30.6 Å². The lowest BCUT2D eigenvalue weighted by Crippen LogP contribution is -2.53. The van der Waals surface area contributed by atoms with Crippen molar-refractivity contribution in [3.63, 3.8) is 0 Å². The molecule has 0 unspecified atom stereocenters. The summed E-state index contributed by atoms with van der Waals surface area (Å²) in [5.74, 6) is 0.160. The van der Waals surface area contributed by atoms with Gasteiger partial charge in [0.25, 0.3) is 5.91 Å². The zero-order valence-electron chi connectivity index (χ0n) is 14.6. The van der Waals surface area contributed by atoms with Crippen LogP contribution >= 0.6 is 11.3 Å². The molecule has 128 valence electrons. The summed E-state index contributed by atoms with van der Waals surface area (Å²) in [6.45, 7) is 6.72. The van der Waals surface area contributed by atoms with E-state index in [2.05, 4.69) is 49.1 Å². The van der Waals surface area contributed by atoms with Crippen LogP contribution in [0.4, 0.5) is 5.69 Å². The maximum Gasteiger partial charge on any atom is 0.255 e. The van der Waals surface area contributed by atoms with E-state index in [0.29, 0.717) is 6.04 Å². The van der Waals surface area contributed by atoms with E-state index in [4.69, 9.17) is 0 Å². The molecule has 0 spiro atoms. The summed E-state index contributed by atoms with van der Waals surface area (Å²) >= 11 is 1.65. The molecule has 0 bridgehead atoms. The molecule has 1 aliphatic heterocycles. The number of aryl methyl sites for hydroxylation is 1. The van der Waals surface area contributed by atoms with Gasteiger partial charge in [-0.3, -0.25) is 4.79 Å². The minimum atomic E-state index is 0.160. The lowest BCUT2D eigenvalue weighted by atomic mass is 10.1. The second kappa shape index (κ2) is 6.52. The predicted molar refractivity (Wildman–Crippen MR) is 106 cm³/mol. The van der Waals surface area contributed by atoms with Crippen LogP contribution in [-0.2, 0) is 0 Å². The first-order chi connectivity index (χ1) is 12.1. The summed E-state index contributed by atoms with van der Waals surface area (Å²) in [7, 11) is 0. The molecule has 1 aromatic heterocycles. The second-order valence-electron chi connectivity index (χ2n) is 6.78. The Bertz CT molecular complexity index is 917. The fraction of sp³-hybridized carbons (Fsp3) is 0.286. The molecule has 0 aliphatic carbocycles. The number of fused-ring (bicyclic) bond motifs is 1. The van der Waals surface area contributed by atoms with E-state index >= 15 is 0 Å². The van der Waals surface area contributed by atoms with Gasteiger partial charge in [0.05, 0.1) is 5.56 Å². The Labute approximate surface area is 152 Å². The first kappa shape index (κ1) is 16.2. The largest absolute Gasteiger partial charge is 0.365 e. The van der Waals surface area contributed by atoms with Gasteiger partial charge in [-0.15, -0.1) is 11.3 Å². The molecule has 1 atom stereocenters. The van der Waals surface area contributed by atoms with Crippen LogP contribution in [0.15, 0.2) is 53.9 Å². The Balaban J connectivity index is 1.53. The molecular formula is C21H22N2OS. The molecular weight excluding hydrogens is 328 g/mol. The summed E-state index contributed by atoms with van der Waals surface area (Å²) in [5, 5.41) is 3.08. The monoisotopic (exact) mass is 350 g/mol. The van der Waals surface area contributed by atoms with Gasteiger partial charge in [0.15, 0.2) is 0 Å². The third-order valence-corrected chi connectivity index (χ3v) is 5.92. The number of benzene rings is 2. The number of anilines is 1. The number of piperazine rings is 1. The Morgan fingerprint density at radius 1 is 1.12 bits per heavy atom. The van der Waals surface area contributed by atoms with Crippen LogP contribution in [0.1, 0.15) is 22.8 Å². The van der Waals surface area contributed by atoms with E-state index in [1.165, 1.54) is 16.0 Å². The van der Waals surface area contributed by atoms with Crippen molar-refractivity contribution in [3.8, 4) is 0 Å². The molecule has 0 saturated carbocycles. The highest BCUT2D eigenvalue weighted by atomic mass is 32.1. The third kappa shape index (κ3) is 3.02. The summed E-state index contributed by atoms with van der Waals surface area (Å²) in [5.41, 5.74) is 3.37. The number of hydrogen-bond acceptors (Lipinski definition) is 3. The van der Waals surface area contributed by atoms with Crippen LogP contribution in [0.25, 0.3) is 10.1 Å². The number of carbonyl (C=O) groups is 1. The first-order valence-corrected chi connectivity index (χ1v) is 9.60. The molecule has 0 radical (unpaired) electrons. The Kier molecular flexibility index (Phi) is 4.22. The maximum atomic E-state index is 13.0. The molecule has 1 fully saturated rings. The number of nitrogens with zero attached hydrogens (tertiary/aromatic N) is 2. The van der Waals surface area contributed by atoms with Gasteiger partial charge in [-0.25, -0.2) is 0 Å². The fourth-order valence-electron chi connectivity index (χ4n) is 3.65. The SMILES string of the molecule is Cc1cccc(N2CCN(C(=O)c3csc4ccccc34)C[C@H]2C)c1. The highest BCUT2D eigenvalue weighted by Gasteiger charge is 2.28. The average molecular weight is 350 g/mol. The Morgan fingerprint density at radius 2 is 1.96 bits per heavy atom. The lowest BCUT2D eigenvalue weighted by Gasteiger charge is -2.41. The average Bonchev–Trinajstić information content (AvgIpc) is 3.05. The minimum Gasteiger partial charge on any atom is -0.365 e. The smallest absolute Gasteiger partial charge is 0.255 e. The van der Waals surface area contributed by atoms with Gasteiger partial charge in [0.2, 0.25) is 0 Å². The summed E-state index contributed by atoms with van der Waals surface area (Å²) in [4.78, 5) is 17.4. The quantitative estimate of drug-likeness (QED) is 0.676. The molecule has 3 aromatic rings. The molecule has 4 heteroatoms. The molecule has 1 aliphatic rings. The lowest BCUT2D eigenvalue weighted by molar-refractivity contribution is 0.0729. The van der Waals surface area contributed by atoms with Crippen molar-refractivity contribution in [1.82, 2.24) is 4.90 Å². The van der Waals surface area contributed by atoms with Gasteiger partial charge in [0, 0.05) is 46.8 Å². The van der Waals surface area contributed by atoms with E-state index in [-0.39, 0.29) is 5.91 Å². The van der Waals surface area contributed by atoms with Gasteiger partial charge >= 0.3 is 0 Å². The maximum absolute atomic E-state index is 13.0. The van der Waals surface area contributed by atoms with E-state index in [9.17, 15) is 4.79 Å². The first-order valence-electron chi connectivity index (χ1n) is 8.72. The number of hydrogen-bond donors (Lipinski definition) is 0. The highest BCUT2D eigenvalue weighted by molar-refractivity contribution is 7.17. The van der Waals surface area contributed by atoms with Crippen LogP contribution in [0, 0.1) is 6.92 Å². The normalized spacial score (nSPS) is 17.9. The zero-order chi connectivity index (χ0) is 17.4. The number of amides is 1. The molecule has 3 nitrogen and oxygen atoms in total. The topological polar surface area (TPSA) is 23.6 Å². The van der Waals surface area contributed by atoms with Crippen molar-refractivity contribution < 1.29 is 4.79 Å². The van der Waals surface area contributed by atoms with Crippen molar-refractivity contribution in [2.45, 2.75) is 19.9 Å². The van der Waals surface area contributed by atoms with Crippen LogP contribution in [0.3, 0.4) is 0 Å². The molecule has 25 heavy (non-hydrogen) atoms. The molecule has 4 rings (SSSR count). The van der Waals surface area contributed by atoms with Crippen LogP contribution in [-0.4, -0.2) is 36.5 Å². The minimum absolute atomic E-state index is 0.160. The third-order valence-electron chi connectivity index (χ3n) is 4.96. The van der Waals surface area contributed by atoms with Gasteiger partial charge in [-0.2, -0.15) is 0 Å². The predicted octanol–water partition coefficient (Wildman–Crippen LogP) is 4.56. The molecule has 2 heterocycles. The molecule has 1 saturated heterocycles. The fourth-order valence-corrected chi connectivity index (χ4v) is 4.58. The second-order valence-corrected chi connectivity index (χ2v) is 7.69. The van der Waals surface area contributed by atoms with E-state index in [1.807, 2.05) is 28.5 Å². The summed E-state index contributed by atoms with van der Waals surface area (Å²) in [6.07, 6.45) is 0. The van der Waals surface area contributed by atoms with Crippen LogP contribution in [0.2, 0.25) is 0 Å². The van der Waals surface area contributed by atoms with Crippen molar-refractivity contribution in [1.29, 1.82) is 0 Å². The van der Waals surface area contributed by atoms with Gasteiger partial charge in [-0.05, 0) is 37.6 Å². The number of thiophene rings is 1. The summed E-state index contributed by atoms with van der Waals surface area (Å²) < 4.78 is 1.18. The van der Waals surface area contributed by atoms with Gasteiger partial charge in [-0.1, -0.05) is 30.3 Å². The van der Waals surface area contributed by atoms with Crippen LogP contribution in [0.5, 0.6) is 0 Å². The van der Waals surface area contributed by atoms with E-state index in [1.54, 1.807) is 11.3 Å². The number of rotatable bonds is 2.